The third-order valence-corrected chi connectivity index (χ3v) is 7.14. The summed E-state index contributed by atoms with van der Waals surface area (Å²) in [5, 5.41) is 3.70. The van der Waals surface area contributed by atoms with Crippen molar-refractivity contribution < 1.29 is 27.4 Å². The number of likely N-dealkylation sites (N-methyl/N-ethyl adjacent to an activating group) is 1. The zero-order chi connectivity index (χ0) is 31.5. The number of ether oxygens (including phenoxy) is 3. The van der Waals surface area contributed by atoms with E-state index in [9.17, 15) is 13.2 Å². The van der Waals surface area contributed by atoms with Gasteiger partial charge in [0, 0.05) is 31.2 Å². The fourth-order valence-corrected chi connectivity index (χ4v) is 4.95. The molecule has 1 amide bonds. The van der Waals surface area contributed by atoms with E-state index in [1.165, 1.54) is 7.11 Å². The second-order valence-corrected chi connectivity index (χ2v) is 13.1. The van der Waals surface area contributed by atoms with Gasteiger partial charge < -0.3 is 29.0 Å². The molecule has 2 aromatic heterocycles. The maximum atomic E-state index is 13.7. The lowest BCUT2D eigenvalue weighted by Crippen LogP contribution is -2.20. The smallest absolute Gasteiger partial charge is 0.319 e. The van der Waals surface area contributed by atoms with Crippen molar-refractivity contribution in [1.29, 1.82) is 0 Å². The Labute approximate surface area is 252 Å². The van der Waals surface area contributed by atoms with Crippen LogP contribution in [0.15, 0.2) is 48.7 Å². The highest BCUT2D eigenvalue weighted by molar-refractivity contribution is 7.92. The summed E-state index contributed by atoms with van der Waals surface area (Å²) >= 11 is 0. The predicted octanol–water partition coefficient (Wildman–Crippen LogP) is 4.63. The fourth-order valence-electron chi connectivity index (χ4n) is 4.40. The van der Waals surface area contributed by atoms with Gasteiger partial charge in [0.2, 0.25) is 15.9 Å². The van der Waals surface area contributed by atoms with Crippen LogP contribution in [0.2, 0.25) is 0 Å². The average Bonchev–Trinajstić information content (AvgIpc) is 3.24. The summed E-state index contributed by atoms with van der Waals surface area (Å²) < 4.78 is 45.7. The van der Waals surface area contributed by atoms with Gasteiger partial charge in [-0.25, -0.2) is 13.4 Å². The van der Waals surface area contributed by atoms with Gasteiger partial charge in [-0.2, -0.15) is 4.98 Å². The van der Waals surface area contributed by atoms with Crippen LogP contribution >= 0.6 is 0 Å². The van der Waals surface area contributed by atoms with E-state index in [-0.39, 0.29) is 22.9 Å². The Morgan fingerprint density at radius 1 is 1.09 bits per heavy atom. The van der Waals surface area contributed by atoms with Crippen LogP contribution in [0.4, 0.5) is 11.4 Å². The number of hydrogen-bond donors (Lipinski definition) is 2. The summed E-state index contributed by atoms with van der Waals surface area (Å²) in [6, 6.07) is 12.6. The number of aryl methyl sites for hydroxylation is 1. The van der Waals surface area contributed by atoms with Crippen LogP contribution in [0.1, 0.15) is 36.8 Å². The number of fused-ring (bicyclic) bond motifs is 1. The Morgan fingerprint density at radius 2 is 1.81 bits per heavy atom. The summed E-state index contributed by atoms with van der Waals surface area (Å²) in [4.78, 5) is 24.2. The average molecular weight is 611 g/mol. The molecule has 2 heterocycles. The normalized spacial score (nSPS) is 11.9. The van der Waals surface area contributed by atoms with Crippen LogP contribution in [-0.2, 0) is 22.5 Å². The molecule has 0 saturated heterocycles. The number of rotatable bonds is 11. The predicted molar refractivity (Wildman–Crippen MR) is 167 cm³/mol. The monoisotopic (exact) mass is 610 g/mol. The van der Waals surface area contributed by atoms with E-state index in [0.717, 1.165) is 17.2 Å². The molecule has 12 nitrogen and oxygen atoms in total. The van der Waals surface area contributed by atoms with Gasteiger partial charge in [-0.15, -0.1) is 0 Å². The molecule has 0 aliphatic carbocycles. The van der Waals surface area contributed by atoms with Crippen molar-refractivity contribution in [2.75, 3.05) is 50.7 Å². The van der Waals surface area contributed by atoms with Gasteiger partial charge in [0.15, 0.2) is 11.5 Å². The lowest BCUT2D eigenvalue weighted by Gasteiger charge is -2.24. The Kier molecular flexibility index (Phi) is 9.16. The molecule has 43 heavy (non-hydrogen) atoms. The highest BCUT2D eigenvalue weighted by Crippen LogP contribution is 2.40. The minimum Gasteiger partial charge on any atom is -0.492 e. The van der Waals surface area contributed by atoms with Crippen molar-refractivity contribution in [3.63, 3.8) is 0 Å². The van der Waals surface area contributed by atoms with Crippen LogP contribution < -0.4 is 24.2 Å². The van der Waals surface area contributed by atoms with Gasteiger partial charge in [0.1, 0.15) is 12.3 Å². The third-order valence-electron chi connectivity index (χ3n) is 6.55. The number of amides is 1. The first kappa shape index (κ1) is 31.6. The van der Waals surface area contributed by atoms with Crippen LogP contribution in [-0.4, -0.2) is 74.4 Å². The molecule has 0 aliphatic rings. The van der Waals surface area contributed by atoms with E-state index in [2.05, 4.69) is 20.0 Å². The quantitative estimate of drug-likeness (QED) is 0.249. The van der Waals surface area contributed by atoms with Crippen molar-refractivity contribution in [3.05, 3.63) is 59.9 Å². The minimum absolute atomic E-state index is 0.196. The molecule has 0 unspecified atom stereocenters. The van der Waals surface area contributed by atoms with Crippen molar-refractivity contribution in [2.45, 2.75) is 26.2 Å². The van der Waals surface area contributed by atoms with Crippen LogP contribution in [0.25, 0.3) is 10.9 Å². The largest absolute Gasteiger partial charge is 0.492 e. The lowest BCUT2D eigenvalue weighted by atomic mass is 9.86. The standard InChI is InChI=1S/C30H38N6O6S/c1-30(2,3)20-17-21(27(40-7)22(18-20)34-43(8,38)39)32-28(37)23-16-19-10-9-11-24(26(19)36(23)6)42-25-12-13-31-29(33-25)41-15-14-35(4)5/h9-13,16-18,34H,14-15H2,1-8H3,(H,32,37). The van der Waals surface area contributed by atoms with Crippen LogP contribution in [0.5, 0.6) is 23.4 Å². The zero-order valence-electron chi connectivity index (χ0n) is 25.7. The number of anilines is 2. The molecule has 0 fully saturated rings. The number of methoxy groups -OCH3 is 1. The number of nitrogens with one attached hydrogen (secondary N) is 2. The summed E-state index contributed by atoms with van der Waals surface area (Å²) in [5.41, 5.74) is 2.05. The second kappa shape index (κ2) is 12.5. The minimum atomic E-state index is -3.61. The number of carbonyl (C=O) groups excluding carboxylic acids is 1. The molecule has 0 atom stereocenters. The highest BCUT2D eigenvalue weighted by Gasteiger charge is 2.24. The summed E-state index contributed by atoms with van der Waals surface area (Å²) in [6.07, 6.45) is 2.62. The zero-order valence-corrected chi connectivity index (χ0v) is 26.5. The molecule has 0 aliphatic heterocycles. The van der Waals surface area contributed by atoms with E-state index in [1.54, 1.807) is 48.1 Å². The molecule has 230 valence electrons. The van der Waals surface area contributed by atoms with E-state index >= 15 is 0 Å². The summed E-state index contributed by atoms with van der Waals surface area (Å²) in [7, 11) is 3.47. The van der Waals surface area contributed by atoms with Crippen molar-refractivity contribution in [3.8, 4) is 23.4 Å². The summed E-state index contributed by atoms with van der Waals surface area (Å²) in [5.74, 6) is 0.563. The van der Waals surface area contributed by atoms with E-state index in [4.69, 9.17) is 14.2 Å². The molecule has 2 N–H and O–H groups in total. The first-order valence-corrected chi connectivity index (χ1v) is 15.4. The fraction of sp³-hybridized carbons (Fsp3) is 0.367. The van der Waals surface area contributed by atoms with Gasteiger partial charge in [0.25, 0.3) is 5.91 Å². The van der Waals surface area contributed by atoms with Crippen LogP contribution in [0, 0.1) is 0 Å². The Balaban J connectivity index is 1.67. The number of nitrogens with zero attached hydrogens (tertiary/aromatic N) is 4. The molecule has 0 radical (unpaired) electrons. The maximum absolute atomic E-state index is 13.7. The molecule has 13 heteroatoms. The topological polar surface area (TPSA) is 137 Å². The molecular formula is C30H38N6O6S. The van der Waals surface area contributed by atoms with Gasteiger partial charge in [-0.05, 0) is 49.3 Å². The molecular weight excluding hydrogens is 572 g/mol. The Morgan fingerprint density at radius 3 is 2.47 bits per heavy atom. The number of hydrogen-bond acceptors (Lipinski definition) is 9. The van der Waals surface area contributed by atoms with Crippen LogP contribution in [0.3, 0.4) is 0 Å². The van der Waals surface area contributed by atoms with Crippen molar-refractivity contribution in [1.82, 2.24) is 19.4 Å². The Hall–Kier alpha value is -4.36. The number of sulfonamides is 1. The van der Waals surface area contributed by atoms with Gasteiger partial charge >= 0.3 is 6.01 Å². The van der Waals surface area contributed by atoms with Gasteiger partial charge in [0.05, 0.1) is 30.3 Å². The van der Waals surface area contributed by atoms with Crippen molar-refractivity contribution in [2.24, 2.45) is 7.05 Å². The first-order valence-electron chi connectivity index (χ1n) is 13.5. The molecule has 0 bridgehead atoms. The lowest BCUT2D eigenvalue weighted by molar-refractivity contribution is 0.101. The van der Waals surface area contributed by atoms with E-state index in [0.29, 0.717) is 41.7 Å². The number of aromatic nitrogens is 3. The maximum Gasteiger partial charge on any atom is 0.319 e. The Bertz CT molecular complexity index is 1740. The van der Waals surface area contributed by atoms with Gasteiger partial charge in [-0.1, -0.05) is 32.9 Å². The first-order chi connectivity index (χ1) is 20.2. The molecule has 0 spiro atoms. The molecule has 0 saturated carbocycles. The molecule has 4 rings (SSSR count). The molecule has 4 aromatic rings. The third kappa shape index (κ3) is 7.73. The summed E-state index contributed by atoms with van der Waals surface area (Å²) in [6.45, 7) is 7.12. The van der Waals surface area contributed by atoms with E-state index in [1.807, 2.05) is 51.9 Å². The van der Waals surface area contributed by atoms with E-state index < -0.39 is 15.9 Å². The SMILES string of the molecule is COc1c(NC(=O)c2cc3cccc(Oc4ccnc(OCCN(C)C)n4)c3n2C)cc(C(C)(C)C)cc1NS(C)(=O)=O. The van der Waals surface area contributed by atoms with Crippen molar-refractivity contribution >= 4 is 38.2 Å². The molecule has 2 aromatic carbocycles. The second-order valence-electron chi connectivity index (χ2n) is 11.4. The number of carbonyl (C=O) groups is 1. The number of para-hydroxylation sites is 1. The van der Waals surface area contributed by atoms with Gasteiger partial charge in [-0.3, -0.25) is 9.52 Å². The highest BCUT2D eigenvalue weighted by atomic mass is 32.2. The number of benzene rings is 2.